The van der Waals surface area contributed by atoms with Gasteiger partial charge in [-0.1, -0.05) is 36.4 Å². The highest BCUT2D eigenvalue weighted by Gasteiger charge is 2.14. The number of benzene rings is 2. The van der Waals surface area contributed by atoms with E-state index in [1.807, 2.05) is 12.3 Å². The van der Waals surface area contributed by atoms with Crippen molar-refractivity contribution >= 4 is 16.7 Å². The van der Waals surface area contributed by atoms with Crippen molar-refractivity contribution in [2.45, 2.75) is 18.9 Å². The van der Waals surface area contributed by atoms with Crippen molar-refractivity contribution in [1.29, 1.82) is 0 Å². The third-order valence-corrected chi connectivity index (χ3v) is 4.37. The van der Waals surface area contributed by atoms with Gasteiger partial charge in [0, 0.05) is 17.8 Å². The molecule has 1 saturated heterocycles. The van der Waals surface area contributed by atoms with E-state index in [1.165, 1.54) is 10.8 Å². The van der Waals surface area contributed by atoms with Crippen LogP contribution in [0.5, 0.6) is 0 Å². The maximum absolute atomic E-state index is 4.70. The molecule has 1 aliphatic rings. The normalized spacial score (nSPS) is 15.7. The molecule has 4 rings (SSSR count). The molecule has 0 radical (unpaired) electrons. The summed E-state index contributed by atoms with van der Waals surface area (Å²) in [6.07, 6.45) is 4.06. The largest absolute Gasteiger partial charge is 0.351 e. The van der Waals surface area contributed by atoms with Crippen LogP contribution < -0.4 is 10.6 Å². The van der Waals surface area contributed by atoms with Crippen LogP contribution in [-0.2, 0) is 0 Å². The second kappa shape index (κ2) is 6.34. The summed E-state index contributed by atoms with van der Waals surface area (Å²) in [7, 11) is 0. The van der Waals surface area contributed by atoms with Crippen LogP contribution in [0.25, 0.3) is 22.0 Å². The topological polar surface area (TPSA) is 49.8 Å². The first-order valence-electron chi connectivity index (χ1n) is 8.18. The number of nitrogens with zero attached hydrogens (tertiary/aromatic N) is 2. The molecular formula is C19H20N4. The van der Waals surface area contributed by atoms with Gasteiger partial charge < -0.3 is 10.6 Å². The van der Waals surface area contributed by atoms with Gasteiger partial charge in [0.15, 0.2) is 0 Å². The van der Waals surface area contributed by atoms with Gasteiger partial charge in [0.2, 0.25) is 5.95 Å². The molecule has 116 valence electrons. The van der Waals surface area contributed by atoms with Crippen molar-refractivity contribution < 1.29 is 0 Å². The highest BCUT2D eigenvalue weighted by molar-refractivity contribution is 5.86. The molecule has 1 fully saturated rings. The maximum Gasteiger partial charge on any atom is 0.223 e. The lowest BCUT2D eigenvalue weighted by Gasteiger charge is -2.23. The number of aromatic nitrogens is 2. The SMILES string of the molecule is c1ccc2cc(-c3ccnc(NC4CCNCC4)n3)ccc2c1. The van der Waals surface area contributed by atoms with Gasteiger partial charge in [-0.15, -0.1) is 0 Å². The molecule has 4 nitrogen and oxygen atoms in total. The summed E-state index contributed by atoms with van der Waals surface area (Å²) in [5, 5.41) is 9.32. The molecular weight excluding hydrogens is 284 g/mol. The molecule has 0 spiro atoms. The Morgan fingerprint density at radius 3 is 2.65 bits per heavy atom. The van der Waals surface area contributed by atoms with Crippen LogP contribution in [-0.4, -0.2) is 29.1 Å². The molecule has 0 aliphatic carbocycles. The van der Waals surface area contributed by atoms with Crippen molar-refractivity contribution in [3.8, 4) is 11.3 Å². The smallest absolute Gasteiger partial charge is 0.223 e. The fourth-order valence-electron chi connectivity index (χ4n) is 3.09. The number of hydrogen-bond acceptors (Lipinski definition) is 4. The molecule has 1 aromatic heterocycles. The number of rotatable bonds is 3. The predicted octanol–water partition coefficient (Wildman–Crippen LogP) is 3.46. The van der Waals surface area contributed by atoms with Gasteiger partial charge in [-0.05, 0) is 48.8 Å². The standard InChI is InChI=1S/C19H20N4/c1-2-4-15-13-16(6-5-14(15)3-1)18-9-12-21-19(23-18)22-17-7-10-20-11-8-17/h1-6,9,12-13,17,20H,7-8,10-11H2,(H,21,22,23). The Bertz CT molecular complexity index is 809. The summed E-state index contributed by atoms with van der Waals surface area (Å²) in [5.41, 5.74) is 2.08. The van der Waals surface area contributed by atoms with Crippen molar-refractivity contribution in [1.82, 2.24) is 15.3 Å². The van der Waals surface area contributed by atoms with E-state index < -0.39 is 0 Å². The summed E-state index contributed by atoms with van der Waals surface area (Å²) in [6, 6.07) is 17.3. The van der Waals surface area contributed by atoms with Crippen LogP contribution in [0.3, 0.4) is 0 Å². The molecule has 2 heterocycles. The number of fused-ring (bicyclic) bond motifs is 1. The lowest BCUT2D eigenvalue weighted by atomic mass is 10.1. The molecule has 0 atom stereocenters. The average Bonchev–Trinajstić information content (AvgIpc) is 2.62. The lowest BCUT2D eigenvalue weighted by Crippen LogP contribution is -2.35. The molecule has 0 amide bonds. The monoisotopic (exact) mass is 304 g/mol. The average molecular weight is 304 g/mol. The van der Waals surface area contributed by atoms with Gasteiger partial charge in [-0.25, -0.2) is 9.97 Å². The number of nitrogens with one attached hydrogen (secondary N) is 2. The molecule has 3 aromatic rings. The minimum absolute atomic E-state index is 0.461. The maximum atomic E-state index is 4.70. The molecule has 0 unspecified atom stereocenters. The van der Waals surface area contributed by atoms with Crippen LogP contribution in [0.1, 0.15) is 12.8 Å². The molecule has 0 bridgehead atoms. The van der Waals surface area contributed by atoms with Crippen LogP contribution in [0.2, 0.25) is 0 Å². The molecule has 4 heteroatoms. The zero-order valence-electron chi connectivity index (χ0n) is 13.0. The van der Waals surface area contributed by atoms with E-state index >= 15 is 0 Å². The molecule has 0 saturated carbocycles. The third-order valence-electron chi connectivity index (χ3n) is 4.37. The number of hydrogen-bond donors (Lipinski definition) is 2. The fourth-order valence-corrected chi connectivity index (χ4v) is 3.09. The molecule has 2 N–H and O–H groups in total. The summed E-state index contributed by atoms with van der Waals surface area (Å²) >= 11 is 0. The molecule has 23 heavy (non-hydrogen) atoms. The van der Waals surface area contributed by atoms with Gasteiger partial charge in [0.05, 0.1) is 5.69 Å². The third kappa shape index (κ3) is 3.17. The molecule has 1 aliphatic heterocycles. The first-order chi connectivity index (χ1) is 11.4. The van der Waals surface area contributed by atoms with E-state index in [9.17, 15) is 0 Å². The summed E-state index contributed by atoms with van der Waals surface area (Å²) in [6.45, 7) is 2.12. The van der Waals surface area contributed by atoms with E-state index in [1.54, 1.807) is 0 Å². The zero-order chi connectivity index (χ0) is 15.5. The summed E-state index contributed by atoms with van der Waals surface area (Å²) < 4.78 is 0. The fraction of sp³-hybridized carbons (Fsp3) is 0.263. The van der Waals surface area contributed by atoms with Gasteiger partial charge in [-0.2, -0.15) is 0 Å². The van der Waals surface area contributed by atoms with Crippen molar-refractivity contribution in [3.63, 3.8) is 0 Å². The number of piperidine rings is 1. The summed E-state index contributed by atoms with van der Waals surface area (Å²) in [4.78, 5) is 9.08. The first kappa shape index (κ1) is 14.2. The van der Waals surface area contributed by atoms with E-state index in [0.717, 1.165) is 43.1 Å². The Labute approximate surface area is 136 Å². The zero-order valence-corrected chi connectivity index (χ0v) is 13.0. The predicted molar refractivity (Wildman–Crippen MR) is 94.5 cm³/mol. The van der Waals surface area contributed by atoms with Crippen molar-refractivity contribution in [3.05, 3.63) is 54.7 Å². The van der Waals surface area contributed by atoms with Gasteiger partial charge >= 0.3 is 0 Å². The van der Waals surface area contributed by atoms with E-state index in [0.29, 0.717) is 6.04 Å². The summed E-state index contributed by atoms with van der Waals surface area (Å²) in [5.74, 6) is 0.725. The van der Waals surface area contributed by atoms with Crippen LogP contribution >= 0.6 is 0 Å². The van der Waals surface area contributed by atoms with Crippen molar-refractivity contribution in [2.75, 3.05) is 18.4 Å². The first-order valence-corrected chi connectivity index (χ1v) is 8.18. The van der Waals surface area contributed by atoms with E-state index in [4.69, 9.17) is 4.98 Å². The minimum atomic E-state index is 0.461. The Hall–Kier alpha value is -2.46. The highest BCUT2D eigenvalue weighted by Crippen LogP contribution is 2.23. The Morgan fingerprint density at radius 1 is 0.957 bits per heavy atom. The Kier molecular flexibility index (Phi) is 3.90. The Morgan fingerprint density at radius 2 is 1.78 bits per heavy atom. The highest BCUT2D eigenvalue weighted by atomic mass is 15.1. The lowest BCUT2D eigenvalue weighted by molar-refractivity contribution is 0.477. The van der Waals surface area contributed by atoms with E-state index in [-0.39, 0.29) is 0 Å². The van der Waals surface area contributed by atoms with Crippen molar-refractivity contribution in [2.24, 2.45) is 0 Å². The minimum Gasteiger partial charge on any atom is -0.351 e. The van der Waals surface area contributed by atoms with Crippen LogP contribution in [0, 0.1) is 0 Å². The van der Waals surface area contributed by atoms with Crippen LogP contribution in [0.4, 0.5) is 5.95 Å². The van der Waals surface area contributed by atoms with Gasteiger partial charge in [-0.3, -0.25) is 0 Å². The molecule has 2 aromatic carbocycles. The van der Waals surface area contributed by atoms with Crippen LogP contribution in [0.15, 0.2) is 54.7 Å². The quantitative estimate of drug-likeness (QED) is 0.778. The number of anilines is 1. The Balaban J connectivity index is 1.61. The second-order valence-electron chi connectivity index (χ2n) is 6.00. The second-order valence-corrected chi connectivity index (χ2v) is 6.00. The van der Waals surface area contributed by atoms with E-state index in [2.05, 4.69) is 58.1 Å². The van der Waals surface area contributed by atoms with Gasteiger partial charge in [0.1, 0.15) is 0 Å². The van der Waals surface area contributed by atoms with Gasteiger partial charge in [0.25, 0.3) is 0 Å².